The minimum atomic E-state index is -0.365. The van der Waals surface area contributed by atoms with Crippen molar-refractivity contribution in [2.24, 2.45) is 5.73 Å². The van der Waals surface area contributed by atoms with Gasteiger partial charge >= 0.3 is 0 Å². The zero-order chi connectivity index (χ0) is 19.4. The van der Waals surface area contributed by atoms with E-state index in [1.54, 1.807) is 12.3 Å². The predicted octanol–water partition coefficient (Wildman–Crippen LogP) is 3.88. The molecule has 2 heterocycles. The summed E-state index contributed by atoms with van der Waals surface area (Å²) in [7, 11) is 0. The predicted molar refractivity (Wildman–Crippen MR) is 111 cm³/mol. The molecule has 0 bridgehead atoms. The largest absolute Gasteiger partial charge is 0.384 e. The molecule has 2 aromatic heterocycles. The lowest BCUT2D eigenvalue weighted by Crippen LogP contribution is -2.28. The van der Waals surface area contributed by atoms with Gasteiger partial charge in [0, 0.05) is 29.1 Å². The van der Waals surface area contributed by atoms with Crippen molar-refractivity contribution in [2.45, 2.75) is 32.7 Å². The van der Waals surface area contributed by atoms with Crippen LogP contribution in [0.4, 0.5) is 5.82 Å². The third kappa shape index (κ3) is 4.33. The molecule has 136 valence electrons. The quantitative estimate of drug-likeness (QED) is 0.698. The van der Waals surface area contributed by atoms with Crippen LogP contribution in [0, 0.1) is 11.8 Å². The normalized spacial score (nSPS) is 11.0. The lowest BCUT2D eigenvalue weighted by atomic mass is 9.92. The van der Waals surface area contributed by atoms with Crippen LogP contribution < -0.4 is 11.5 Å². The Morgan fingerprint density at radius 1 is 0.963 bits per heavy atom. The number of aryl methyl sites for hydroxylation is 1. The molecule has 1 aromatic carbocycles. The number of hydrogen-bond acceptors (Lipinski definition) is 4. The van der Waals surface area contributed by atoms with Gasteiger partial charge in [0.1, 0.15) is 5.82 Å². The number of nitrogen functional groups attached to an aromatic ring is 1. The molecule has 3 aromatic rings. The molecular weight excluding hydrogens is 332 g/mol. The van der Waals surface area contributed by atoms with E-state index in [0.29, 0.717) is 5.82 Å². The first-order valence-corrected chi connectivity index (χ1v) is 8.99. The number of hydrogen-bond donors (Lipinski definition) is 2. The van der Waals surface area contributed by atoms with E-state index in [9.17, 15) is 0 Å². The highest BCUT2D eigenvalue weighted by molar-refractivity contribution is 5.72. The fourth-order valence-electron chi connectivity index (χ4n) is 2.85. The van der Waals surface area contributed by atoms with Gasteiger partial charge in [0.15, 0.2) is 0 Å². The molecule has 0 unspecified atom stereocenters. The summed E-state index contributed by atoms with van der Waals surface area (Å²) in [5, 5.41) is 0. The summed E-state index contributed by atoms with van der Waals surface area (Å²) >= 11 is 0. The molecule has 0 atom stereocenters. The highest BCUT2D eigenvalue weighted by Gasteiger charge is 2.14. The van der Waals surface area contributed by atoms with E-state index in [1.807, 2.05) is 32.2 Å². The van der Waals surface area contributed by atoms with Crippen LogP contribution >= 0.6 is 0 Å². The van der Waals surface area contributed by atoms with Gasteiger partial charge in [-0.15, -0.1) is 0 Å². The maximum atomic E-state index is 6.20. The van der Waals surface area contributed by atoms with Crippen molar-refractivity contribution >= 4 is 5.82 Å². The van der Waals surface area contributed by atoms with Crippen LogP contribution in [0.3, 0.4) is 0 Å². The number of anilines is 1. The Morgan fingerprint density at radius 3 is 2.30 bits per heavy atom. The van der Waals surface area contributed by atoms with E-state index in [4.69, 9.17) is 11.5 Å². The van der Waals surface area contributed by atoms with Crippen LogP contribution in [0.2, 0.25) is 0 Å². The molecule has 4 nitrogen and oxygen atoms in total. The van der Waals surface area contributed by atoms with Gasteiger partial charge in [0.2, 0.25) is 0 Å². The number of nitrogens with two attached hydrogens (primary N) is 2. The molecule has 4 N–H and O–H groups in total. The summed E-state index contributed by atoms with van der Waals surface area (Å²) < 4.78 is 0. The maximum absolute atomic E-state index is 6.20. The number of pyridine rings is 2. The molecule has 0 radical (unpaired) electrons. The summed E-state index contributed by atoms with van der Waals surface area (Å²) in [6.45, 7) is 6.09. The SMILES string of the molecule is CCc1nccc(-c2ccc(C(C)(C)N)cc2)c1C#Cc1ccc(N)nc1. The molecule has 0 saturated carbocycles. The molecule has 0 aliphatic carbocycles. The summed E-state index contributed by atoms with van der Waals surface area (Å²) in [6, 6.07) is 14.0. The lowest BCUT2D eigenvalue weighted by Gasteiger charge is -2.19. The van der Waals surface area contributed by atoms with Gasteiger partial charge in [0.05, 0.1) is 11.3 Å². The molecule has 3 rings (SSSR count). The van der Waals surface area contributed by atoms with Crippen molar-refractivity contribution in [1.82, 2.24) is 9.97 Å². The highest BCUT2D eigenvalue weighted by atomic mass is 14.8. The van der Waals surface area contributed by atoms with E-state index in [0.717, 1.165) is 39.9 Å². The zero-order valence-electron chi connectivity index (χ0n) is 16.0. The average molecular weight is 356 g/mol. The smallest absolute Gasteiger partial charge is 0.123 e. The Bertz CT molecular complexity index is 986. The second kappa shape index (κ2) is 7.61. The van der Waals surface area contributed by atoms with Crippen LogP contribution in [-0.4, -0.2) is 9.97 Å². The molecule has 27 heavy (non-hydrogen) atoms. The van der Waals surface area contributed by atoms with Crippen molar-refractivity contribution in [3.05, 3.63) is 77.2 Å². The third-order valence-corrected chi connectivity index (χ3v) is 4.42. The lowest BCUT2D eigenvalue weighted by molar-refractivity contribution is 0.554. The van der Waals surface area contributed by atoms with Crippen molar-refractivity contribution in [3.8, 4) is 23.0 Å². The van der Waals surface area contributed by atoms with Gasteiger partial charge in [-0.25, -0.2) is 4.98 Å². The monoisotopic (exact) mass is 356 g/mol. The fourth-order valence-corrected chi connectivity index (χ4v) is 2.85. The molecular formula is C23H24N4. The number of nitrogens with zero attached hydrogens (tertiary/aromatic N) is 2. The third-order valence-electron chi connectivity index (χ3n) is 4.42. The molecule has 0 saturated heterocycles. The van der Waals surface area contributed by atoms with Gasteiger partial charge in [0.25, 0.3) is 0 Å². The summed E-state index contributed by atoms with van der Waals surface area (Å²) in [6.07, 6.45) is 4.33. The van der Waals surface area contributed by atoms with E-state index in [2.05, 4.69) is 53.0 Å². The highest BCUT2D eigenvalue weighted by Crippen LogP contribution is 2.27. The van der Waals surface area contributed by atoms with Crippen molar-refractivity contribution < 1.29 is 0 Å². The Balaban J connectivity index is 2.06. The van der Waals surface area contributed by atoms with Crippen LogP contribution in [-0.2, 0) is 12.0 Å². The molecule has 0 aliphatic heterocycles. The summed E-state index contributed by atoms with van der Waals surface area (Å²) in [5.74, 6) is 6.96. The zero-order valence-corrected chi connectivity index (χ0v) is 16.0. The standard InChI is InChI=1S/C23H24N4/c1-4-21-20(11-5-16-6-12-22(24)27-15-16)19(13-14-26-21)17-7-9-18(10-8-17)23(2,3)25/h6-10,12-15H,4,25H2,1-3H3,(H2,24,27). The van der Waals surface area contributed by atoms with Crippen LogP contribution in [0.1, 0.15) is 43.2 Å². The van der Waals surface area contributed by atoms with Gasteiger partial charge in [-0.05, 0) is 49.6 Å². The second-order valence-corrected chi connectivity index (χ2v) is 7.05. The Labute approximate surface area is 160 Å². The Hall–Kier alpha value is -3.16. The fraction of sp³-hybridized carbons (Fsp3) is 0.217. The summed E-state index contributed by atoms with van der Waals surface area (Å²) in [4.78, 5) is 8.60. The van der Waals surface area contributed by atoms with Gasteiger partial charge in [-0.3, -0.25) is 4.98 Å². The first kappa shape index (κ1) is 18.6. The maximum Gasteiger partial charge on any atom is 0.123 e. The van der Waals surface area contributed by atoms with Gasteiger partial charge < -0.3 is 11.5 Å². The summed E-state index contributed by atoms with van der Waals surface area (Å²) in [5.41, 5.74) is 17.5. The number of aromatic nitrogens is 2. The second-order valence-electron chi connectivity index (χ2n) is 7.05. The molecule has 4 heteroatoms. The Morgan fingerprint density at radius 2 is 1.70 bits per heavy atom. The minimum Gasteiger partial charge on any atom is -0.384 e. The van der Waals surface area contributed by atoms with Crippen LogP contribution in [0.5, 0.6) is 0 Å². The Kier molecular flexibility index (Phi) is 5.25. The first-order chi connectivity index (χ1) is 12.9. The minimum absolute atomic E-state index is 0.365. The average Bonchev–Trinajstić information content (AvgIpc) is 2.66. The van der Waals surface area contributed by atoms with Crippen molar-refractivity contribution in [3.63, 3.8) is 0 Å². The molecule has 0 aliphatic rings. The van der Waals surface area contributed by atoms with Crippen molar-refractivity contribution in [1.29, 1.82) is 0 Å². The van der Waals surface area contributed by atoms with Crippen molar-refractivity contribution in [2.75, 3.05) is 5.73 Å². The van der Waals surface area contributed by atoms with E-state index in [1.165, 1.54) is 0 Å². The van der Waals surface area contributed by atoms with E-state index >= 15 is 0 Å². The first-order valence-electron chi connectivity index (χ1n) is 8.99. The van der Waals surface area contributed by atoms with E-state index < -0.39 is 0 Å². The van der Waals surface area contributed by atoms with Gasteiger partial charge in [-0.2, -0.15) is 0 Å². The van der Waals surface area contributed by atoms with E-state index in [-0.39, 0.29) is 5.54 Å². The molecule has 0 amide bonds. The number of rotatable bonds is 3. The molecule has 0 fully saturated rings. The van der Waals surface area contributed by atoms with Crippen LogP contribution in [0.25, 0.3) is 11.1 Å². The van der Waals surface area contributed by atoms with Gasteiger partial charge in [-0.1, -0.05) is 43.0 Å². The van der Waals surface area contributed by atoms with Crippen LogP contribution in [0.15, 0.2) is 54.9 Å². The number of benzene rings is 1. The molecule has 0 spiro atoms. The topological polar surface area (TPSA) is 77.8 Å².